The predicted molar refractivity (Wildman–Crippen MR) is 133 cm³/mol. The molecule has 168 valence electrons. The molecule has 1 amide bonds. The van der Waals surface area contributed by atoms with Gasteiger partial charge in [-0.05, 0) is 62.6 Å². The highest BCUT2D eigenvalue weighted by atomic mass is 16.5. The molecular formula is C28H39NO2. The van der Waals surface area contributed by atoms with Crippen molar-refractivity contribution in [3.8, 4) is 5.75 Å². The molecule has 3 nitrogen and oxygen atoms in total. The van der Waals surface area contributed by atoms with Crippen LogP contribution in [0.4, 0.5) is 0 Å². The number of hydrogen-bond acceptors (Lipinski definition) is 2. The third-order valence-corrected chi connectivity index (χ3v) is 4.56. The molecule has 0 aliphatic heterocycles. The van der Waals surface area contributed by atoms with E-state index in [2.05, 4.69) is 73.0 Å². The Labute approximate surface area is 189 Å². The molecule has 0 spiro atoms. The Morgan fingerprint density at radius 1 is 0.871 bits per heavy atom. The van der Waals surface area contributed by atoms with E-state index in [4.69, 9.17) is 4.74 Å². The zero-order valence-corrected chi connectivity index (χ0v) is 19.3. The van der Waals surface area contributed by atoms with Gasteiger partial charge in [-0.2, -0.15) is 0 Å². The smallest absolute Gasteiger partial charge is 0.220 e. The number of carbonyl (C=O) groups is 1. The Bertz CT molecular complexity index is 741. The second kappa shape index (κ2) is 19.2. The Kier molecular flexibility index (Phi) is 16.2. The van der Waals surface area contributed by atoms with Gasteiger partial charge in [0.05, 0.1) is 7.11 Å². The average Bonchev–Trinajstić information content (AvgIpc) is 2.80. The molecule has 0 aliphatic rings. The normalized spacial score (nSPS) is 12.2. The van der Waals surface area contributed by atoms with Crippen molar-refractivity contribution in [3.05, 3.63) is 90.6 Å². The minimum atomic E-state index is 0.0928. The molecule has 1 aromatic rings. The molecule has 1 aromatic carbocycles. The predicted octanol–water partition coefficient (Wildman–Crippen LogP) is 7.23. The van der Waals surface area contributed by atoms with Gasteiger partial charge in [0, 0.05) is 13.0 Å². The molecule has 1 N–H and O–H groups in total. The third-order valence-electron chi connectivity index (χ3n) is 4.56. The van der Waals surface area contributed by atoms with Crippen LogP contribution in [0.15, 0.2) is 85.0 Å². The lowest BCUT2D eigenvalue weighted by Crippen LogP contribution is -2.22. The Balaban J connectivity index is 2.01. The number of rotatable bonds is 16. The van der Waals surface area contributed by atoms with Crippen molar-refractivity contribution in [2.75, 3.05) is 7.11 Å². The van der Waals surface area contributed by atoms with Gasteiger partial charge in [-0.3, -0.25) is 4.79 Å². The molecule has 31 heavy (non-hydrogen) atoms. The SMILES string of the molecule is CC/C=C\C/C=C\C/C=C\C/C=C\C/C=C\CCCC(=O)NCc1cccc(OC)c1. The molecule has 0 aliphatic carbocycles. The standard InChI is InChI=1S/C28H39NO2/c1-3-4-5-6-7-8-9-10-11-12-13-14-15-16-17-18-19-23-28(30)29-25-26-21-20-22-27(24-26)31-2/h4-5,7-8,10-11,13-14,16-17,20-22,24H,3,6,9,12,15,18-19,23,25H2,1-2H3,(H,29,30)/b5-4-,8-7-,11-10-,14-13-,17-16-. The van der Waals surface area contributed by atoms with Crippen LogP contribution in [0.3, 0.4) is 0 Å². The number of nitrogens with one attached hydrogen (secondary N) is 1. The first-order valence-corrected chi connectivity index (χ1v) is 11.4. The Morgan fingerprint density at radius 3 is 2.03 bits per heavy atom. The van der Waals surface area contributed by atoms with Gasteiger partial charge in [-0.1, -0.05) is 79.8 Å². The molecule has 0 radical (unpaired) electrons. The fourth-order valence-electron chi connectivity index (χ4n) is 2.82. The quantitative estimate of drug-likeness (QED) is 0.226. The van der Waals surface area contributed by atoms with Crippen molar-refractivity contribution in [3.63, 3.8) is 0 Å². The van der Waals surface area contributed by atoms with E-state index in [1.165, 1.54) is 0 Å². The van der Waals surface area contributed by atoms with Crippen molar-refractivity contribution in [1.29, 1.82) is 0 Å². The molecule has 3 heteroatoms. The van der Waals surface area contributed by atoms with Gasteiger partial charge < -0.3 is 10.1 Å². The monoisotopic (exact) mass is 421 g/mol. The van der Waals surface area contributed by atoms with Crippen molar-refractivity contribution in [2.45, 2.75) is 64.8 Å². The summed E-state index contributed by atoms with van der Waals surface area (Å²) in [6, 6.07) is 7.76. The fraction of sp³-hybridized carbons (Fsp3) is 0.393. The number of methoxy groups -OCH3 is 1. The van der Waals surface area contributed by atoms with Crippen LogP contribution in [0.2, 0.25) is 0 Å². The minimum Gasteiger partial charge on any atom is -0.497 e. The summed E-state index contributed by atoms with van der Waals surface area (Å²) in [5, 5.41) is 2.96. The van der Waals surface area contributed by atoms with Gasteiger partial charge in [-0.15, -0.1) is 0 Å². The molecule has 0 fully saturated rings. The van der Waals surface area contributed by atoms with Crippen molar-refractivity contribution in [1.82, 2.24) is 5.32 Å². The largest absolute Gasteiger partial charge is 0.497 e. The summed E-state index contributed by atoms with van der Waals surface area (Å²) in [4.78, 5) is 11.9. The summed E-state index contributed by atoms with van der Waals surface area (Å²) in [5.41, 5.74) is 1.05. The Hall–Kier alpha value is -2.81. The van der Waals surface area contributed by atoms with E-state index >= 15 is 0 Å². The van der Waals surface area contributed by atoms with Gasteiger partial charge >= 0.3 is 0 Å². The van der Waals surface area contributed by atoms with E-state index in [9.17, 15) is 4.79 Å². The highest BCUT2D eigenvalue weighted by molar-refractivity contribution is 5.75. The Morgan fingerprint density at radius 2 is 1.45 bits per heavy atom. The maximum atomic E-state index is 11.9. The van der Waals surface area contributed by atoms with Gasteiger partial charge in [0.2, 0.25) is 5.91 Å². The zero-order valence-electron chi connectivity index (χ0n) is 19.3. The maximum absolute atomic E-state index is 11.9. The van der Waals surface area contributed by atoms with E-state index in [-0.39, 0.29) is 5.91 Å². The van der Waals surface area contributed by atoms with Crippen LogP contribution in [0.1, 0.15) is 63.9 Å². The number of hydrogen-bond donors (Lipinski definition) is 1. The van der Waals surface area contributed by atoms with Crippen LogP contribution in [-0.2, 0) is 11.3 Å². The van der Waals surface area contributed by atoms with Gasteiger partial charge in [-0.25, -0.2) is 0 Å². The van der Waals surface area contributed by atoms with E-state index in [1.807, 2.05) is 24.3 Å². The number of amides is 1. The number of benzene rings is 1. The van der Waals surface area contributed by atoms with Crippen LogP contribution in [-0.4, -0.2) is 13.0 Å². The molecule has 0 heterocycles. The van der Waals surface area contributed by atoms with Crippen LogP contribution in [0, 0.1) is 0 Å². The van der Waals surface area contributed by atoms with Crippen LogP contribution < -0.4 is 10.1 Å². The topological polar surface area (TPSA) is 38.3 Å². The summed E-state index contributed by atoms with van der Waals surface area (Å²) in [5.74, 6) is 0.903. The highest BCUT2D eigenvalue weighted by Gasteiger charge is 2.01. The molecule has 0 unspecified atom stereocenters. The van der Waals surface area contributed by atoms with E-state index < -0.39 is 0 Å². The second-order valence-corrected chi connectivity index (χ2v) is 7.23. The molecule has 0 atom stereocenters. The molecule has 1 rings (SSSR count). The second-order valence-electron chi connectivity index (χ2n) is 7.23. The van der Waals surface area contributed by atoms with E-state index in [0.717, 1.165) is 56.3 Å². The van der Waals surface area contributed by atoms with Crippen LogP contribution >= 0.6 is 0 Å². The van der Waals surface area contributed by atoms with Crippen molar-refractivity contribution < 1.29 is 9.53 Å². The first kappa shape index (κ1) is 26.2. The number of unbranched alkanes of at least 4 members (excludes halogenated alkanes) is 1. The highest BCUT2D eigenvalue weighted by Crippen LogP contribution is 2.12. The van der Waals surface area contributed by atoms with Crippen molar-refractivity contribution in [2.24, 2.45) is 0 Å². The van der Waals surface area contributed by atoms with E-state index in [1.54, 1.807) is 7.11 Å². The van der Waals surface area contributed by atoms with Crippen LogP contribution in [0.5, 0.6) is 5.75 Å². The average molecular weight is 422 g/mol. The lowest BCUT2D eigenvalue weighted by molar-refractivity contribution is -0.121. The first-order chi connectivity index (χ1) is 15.3. The molecule has 0 saturated heterocycles. The summed E-state index contributed by atoms with van der Waals surface area (Å²) in [6.45, 7) is 2.69. The molecular weight excluding hydrogens is 382 g/mol. The number of allylic oxidation sites excluding steroid dienone is 10. The summed E-state index contributed by atoms with van der Waals surface area (Å²) >= 11 is 0. The maximum Gasteiger partial charge on any atom is 0.220 e. The minimum absolute atomic E-state index is 0.0928. The van der Waals surface area contributed by atoms with Gasteiger partial charge in [0.15, 0.2) is 0 Å². The van der Waals surface area contributed by atoms with E-state index in [0.29, 0.717) is 13.0 Å². The lowest BCUT2D eigenvalue weighted by atomic mass is 10.2. The van der Waals surface area contributed by atoms with Gasteiger partial charge in [0.25, 0.3) is 0 Å². The lowest BCUT2D eigenvalue weighted by Gasteiger charge is -2.06. The number of carbonyl (C=O) groups excluding carboxylic acids is 1. The summed E-state index contributed by atoms with van der Waals surface area (Å²) < 4.78 is 5.20. The fourth-order valence-corrected chi connectivity index (χ4v) is 2.82. The van der Waals surface area contributed by atoms with Crippen molar-refractivity contribution >= 4 is 5.91 Å². The van der Waals surface area contributed by atoms with Gasteiger partial charge in [0.1, 0.15) is 5.75 Å². The molecule has 0 bridgehead atoms. The summed E-state index contributed by atoms with van der Waals surface area (Å²) in [7, 11) is 1.65. The molecule has 0 aromatic heterocycles. The zero-order chi connectivity index (χ0) is 22.4. The van der Waals surface area contributed by atoms with Crippen LogP contribution in [0.25, 0.3) is 0 Å². The first-order valence-electron chi connectivity index (χ1n) is 11.4. The molecule has 0 saturated carbocycles. The third kappa shape index (κ3) is 15.7. The summed E-state index contributed by atoms with van der Waals surface area (Å²) in [6.07, 6.45) is 29.4. The number of ether oxygens (including phenoxy) is 1.